The Labute approximate surface area is 211 Å². The SMILES string of the molecule is COc1cc(C(=O)N[C@@H](C)CCc2ccccc2)c(N(Cc2ccccc2F)S(C)(=O)=O)cc1OC. The van der Waals surface area contributed by atoms with Crippen LogP contribution in [-0.2, 0) is 23.0 Å². The Balaban J connectivity index is 1.97. The minimum Gasteiger partial charge on any atom is -0.493 e. The van der Waals surface area contributed by atoms with Crippen LogP contribution in [-0.4, -0.2) is 40.8 Å². The van der Waals surface area contributed by atoms with Crippen molar-refractivity contribution in [1.82, 2.24) is 5.32 Å². The lowest BCUT2D eigenvalue weighted by atomic mass is 10.1. The molecule has 0 saturated heterocycles. The second-order valence-corrected chi connectivity index (χ2v) is 10.4. The van der Waals surface area contributed by atoms with Crippen molar-refractivity contribution >= 4 is 21.6 Å². The molecular formula is C27H31FN2O5S. The fourth-order valence-corrected chi connectivity index (χ4v) is 4.70. The summed E-state index contributed by atoms with van der Waals surface area (Å²) in [5, 5.41) is 2.95. The summed E-state index contributed by atoms with van der Waals surface area (Å²) in [5.41, 5.74) is 1.45. The van der Waals surface area contributed by atoms with Gasteiger partial charge >= 0.3 is 0 Å². The lowest BCUT2D eigenvalue weighted by molar-refractivity contribution is 0.0938. The molecule has 1 atom stereocenters. The topological polar surface area (TPSA) is 84.9 Å². The number of hydrogen-bond donors (Lipinski definition) is 1. The second-order valence-electron chi connectivity index (χ2n) is 8.48. The van der Waals surface area contributed by atoms with Gasteiger partial charge in [0.05, 0.1) is 38.3 Å². The van der Waals surface area contributed by atoms with Gasteiger partial charge in [0, 0.05) is 17.7 Å². The number of methoxy groups -OCH3 is 2. The first kappa shape index (κ1) is 27.0. The van der Waals surface area contributed by atoms with E-state index in [1.807, 2.05) is 37.3 Å². The zero-order valence-electron chi connectivity index (χ0n) is 20.8. The zero-order valence-corrected chi connectivity index (χ0v) is 21.6. The highest BCUT2D eigenvalue weighted by Crippen LogP contribution is 2.37. The number of carbonyl (C=O) groups is 1. The average Bonchev–Trinajstić information content (AvgIpc) is 2.86. The number of anilines is 1. The minimum absolute atomic E-state index is 0.0613. The van der Waals surface area contributed by atoms with Gasteiger partial charge in [0.15, 0.2) is 11.5 Å². The molecule has 0 fully saturated rings. The van der Waals surface area contributed by atoms with Crippen LogP contribution in [0.2, 0.25) is 0 Å². The molecule has 3 aromatic rings. The largest absolute Gasteiger partial charge is 0.493 e. The van der Waals surface area contributed by atoms with Gasteiger partial charge in [0.2, 0.25) is 10.0 Å². The van der Waals surface area contributed by atoms with Crippen molar-refractivity contribution in [1.29, 1.82) is 0 Å². The molecule has 9 heteroatoms. The number of nitrogens with zero attached hydrogens (tertiary/aromatic N) is 1. The molecule has 0 spiro atoms. The monoisotopic (exact) mass is 514 g/mol. The van der Waals surface area contributed by atoms with Gasteiger partial charge in [0.25, 0.3) is 5.91 Å². The third-order valence-corrected chi connectivity index (χ3v) is 6.90. The third kappa shape index (κ3) is 6.75. The van der Waals surface area contributed by atoms with Gasteiger partial charge in [-0.15, -0.1) is 0 Å². The maximum Gasteiger partial charge on any atom is 0.253 e. The van der Waals surface area contributed by atoms with Crippen molar-refractivity contribution in [2.45, 2.75) is 32.4 Å². The molecule has 0 unspecified atom stereocenters. The molecule has 1 N–H and O–H groups in total. The number of aryl methyl sites for hydroxylation is 1. The fraction of sp³-hybridized carbons (Fsp3) is 0.296. The van der Waals surface area contributed by atoms with Crippen LogP contribution in [0.5, 0.6) is 11.5 Å². The van der Waals surface area contributed by atoms with Gasteiger partial charge in [0.1, 0.15) is 5.82 Å². The summed E-state index contributed by atoms with van der Waals surface area (Å²) in [5.74, 6) is -0.521. The highest BCUT2D eigenvalue weighted by atomic mass is 32.2. The predicted molar refractivity (Wildman–Crippen MR) is 139 cm³/mol. The number of carbonyl (C=O) groups excluding carboxylic acids is 1. The maximum absolute atomic E-state index is 14.4. The Morgan fingerprint density at radius 1 is 1.00 bits per heavy atom. The molecule has 192 valence electrons. The van der Waals surface area contributed by atoms with E-state index in [-0.39, 0.29) is 40.9 Å². The normalized spacial score (nSPS) is 12.0. The lowest BCUT2D eigenvalue weighted by Gasteiger charge is -2.26. The molecule has 36 heavy (non-hydrogen) atoms. The van der Waals surface area contributed by atoms with E-state index in [1.165, 1.54) is 44.6 Å². The number of ether oxygens (including phenoxy) is 2. The number of sulfonamides is 1. The van der Waals surface area contributed by atoms with Gasteiger partial charge in [-0.05, 0) is 37.5 Å². The Kier molecular flexibility index (Phi) is 8.93. The van der Waals surface area contributed by atoms with Crippen molar-refractivity contribution in [3.63, 3.8) is 0 Å². The Bertz CT molecular complexity index is 1300. The van der Waals surface area contributed by atoms with Gasteiger partial charge in [-0.3, -0.25) is 9.10 Å². The smallest absolute Gasteiger partial charge is 0.253 e. The molecule has 0 aliphatic carbocycles. The van der Waals surface area contributed by atoms with Crippen molar-refractivity contribution in [3.8, 4) is 11.5 Å². The van der Waals surface area contributed by atoms with Gasteiger partial charge in [-0.2, -0.15) is 0 Å². The molecule has 3 aromatic carbocycles. The second kappa shape index (κ2) is 11.9. The zero-order chi connectivity index (χ0) is 26.3. The number of nitrogens with one attached hydrogen (secondary N) is 1. The average molecular weight is 515 g/mol. The minimum atomic E-state index is -3.92. The molecule has 1 amide bonds. The lowest BCUT2D eigenvalue weighted by Crippen LogP contribution is -2.36. The van der Waals surface area contributed by atoms with Crippen LogP contribution in [0.1, 0.15) is 34.8 Å². The van der Waals surface area contributed by atoms with E-state index in [4.69, 9.17) is 9.47 Å². The predicted octanol–water partition coefficient (Wildman–Crippen LogP) is 4.56. The number of benzene rings is 3. The molecule has 3 rings (SSSR count). The molecule has 0 saturated carbocycles. The molecule has 7 nitrogen and oxygen atoms in total. The van der Waals surface area contributed by atoms with Crippen molar-refractivity contribution in [2.24, 2.45) is 0 Å². The Morgan fingerprint density at radius 3 is 2.22 bits per heavy atom. The molecule has 0 aliphatic rings. The molecule has 0 bridgehead atoms. The summed E-state index contributed by atoms with van der Waals surface area (Å²) in [4.78, 5) is 13.4. The van der Waals surface area contributed by atoms with E-state index in [1.54, 1.807) is 6.07 Å². The number of amides is 1. The van der Waals surface area contributed by atoms with E-state index in [0.717, 1.165) is 22.5 Å². The Hall–Kier alpha value is -3.59. The molecule has 0 aliphatic heterocycles. The van der Waals surface area contributed by atoms with Crippen molar-refractivity contribution < 1.29 is 27.1 Å². The maximum atomic E-state index is 14.4. The fourth-order valence-electron chi connectivity index (χ4n) is 3.82. The summed E-state index contributed by atoms with van der Waals surface area (Å²) < 4.78 is 51.9. The van der Waals surface area contributed by atoms with E-state index in [9.17, 15) is 17.6 Å². The first-order valence-corrected chi connectivity index (χ1v) is 13.3. The molecule has 0 heterocycles. The summed E-state index contributed by atoms with van der Waals surface area (Å²) in [7, 11) is -1.08. The van der Waals surface area contributed by atoms with E-state index < -0.39 is 21.7 Å². The van der Waals surface area contributed by atoms with E-state index >= 15 is 0 Å². The van der Waals surface area contributed by atoms with E-state index in [0.29, 0.717) is 6.42 Å². The quantitative estimate of drug-likeness (QED) is 0.406. The van der Waals surface area contributed by atoms with Crippen LogP contribution in [0, 0.1) is 5.82 Å². The van der Waals surface area contributed by atoms with Crippen LogP contribution >= 0.6 is 0 Å². The first-order valence-electron chi connectivity index (χ1n) is 11.5. The Morgan fingerprint density at radius 2 is 1.61 bits per heavy atom. The summed E-state index contributed by atoms with van der Waals surface area (Å²) in [6, 6.07) is 18.5. The third-order valence-electron chi connectivity index (χ3n) is 5.77. The first-order chi connectivity index (χ1) is 17.1. The standard InChI is InChI=1S/C27H31FN2O5S/c1-19(14-15-20-10-6-5-7-11-20)29-27(31)22-16-25(34-2)26(35-3)17-24(22)30(36(4,32)33)18-21-12-8-9-13-23(21)28/h5-13,16-17,19H,14-15,18H2,1-4H3,(H,29,31)/t19-/m0/s1. The van der Waals surface area contributed by atoms with Crippen LogP contribution in [0.15, 0.2) is 66.7 Å². The molecular weight excluding hydrogens is 483 g/mol. The van der Waals surface area contributed by atoms with Crippen LogP contribution in [0.3, 0.4) is 0 Å². The molecule has 0 radical (unpaired) electrons. The summed E-state index contributed by atoms with van der Waals surface area (Å²) in [6.07, 6.45) is 2.46. The summed E-state index contributed by atoms with van der Waals surface area (Å²) >= 11 is 0. The van der Waals surface area contributed by atoms with Crippen molar-refractivity contribution in [2.75, 3.05) is 24.8 Å². The number of hydrogen-bond acceptors (Lipinski definition) is 5. The van der Waals surface area contributed by atoms with Crippen LogP contribution in [0.25, 0.3) is 0 Å². The summed E-state index contributed by atoms with van der Waals surface area (Å²) in [6.45, 7) is 1.58. The van der Waals surface area contributed by atoms with Crippen LogP contribution in [0.4, 0.5) is 10.1 Å². The van der Waals surface area contributed by atoms with Crippen molar-refractivity contribution in [3.05, 3.63) is 89.2 Å². The van der Waals surface area contributed by atoms with Crippen LogP contribution < -0.4 is 19.1 Å². The highest BCUT2D eigenvalue weighted by Gasteiger charge is 2.27. The van der Waals surface area contributed by atoms with Gasteiger partial charge < -0.3 is 14.8 Å². The number of halogens is 1. The van der Waals surface area contributed by atoms with Gasteiger partial charge in [-0.25, -0.2) is 12.8 Å². The number of rotatable bonds is 11. The van der Waals surface area contributed by atoms with E-state index in [2.05, 4.69) is 5.32 Å². The molecule has 0 aromatic heterocycles. The van der Waals surface area contributed by atoms with Gasteiger partial charge in [-0.1, -0.05) is 48.5 Å². The highest BCUT2D eigenvalue weighted by molar-refractivity contribution is 7.92.